The van der Waals surface area contributed by atoms with Gasteiger partial charge in [0.2, 0.25) is 0 Å². The van der Waals surface area contributed by atoms with Gasteiger partial charge < -0.3 is 9.84 Å². The van der Waals surface area contributed by atoms with Crippen molar-refractivity contribution in [1.29, 1.82) is 0 Å². The van der Waals surface area contributed by atoms with E-state index in [1.165, 1.54) is 0 Å². The average molecular weight is 256 g/mol. The van der Waals surface area contributed by atoms with Crippen LogP contribution < -0.4 is 0 Å². The summed E-state index contributed by atoms with van der Waals surface area (Å²) in [5.74, 6) is 0.0132. The number of aliphatic hydroxyl groups excluding tert-OH is 1. The van der Waals surface area contributed by atoms with E-state index >= 15 is 0 Å². The highest BCUT2D eigenvalue weighted by Crippen LogP contribution is 2.40. The van der Waals surface area contributed by atoms with E-state index in [0.29, 0.717) is 18.4 Å². The number of rotatable bonds is 3. The minimum Gasteiger partial charge on any atom is -0.392 e. The molecule has 1 aliphatic heterocycles. The first-order valence-corrected chi connectivity index (χ1v) is 6.55. The number of allylic oxidation sites excluding steroid dienone is 1. The molecule has 1 fully saturated rings. The molecule has 0 saturated carbocycles. The first-order valence-electron chi connectivity index (χ1n) is 6.55. The second kappa shape index (κ2) is 5.11. The maximum absolute atomic E-state index is 12.3. The van der Waals surface area contributed by atoms with Gasteiger partial charge in [0.25, 0.3) is 0 Å². The number of Topliss-reactive ketones (excluding diaryl/α,β-unsaturated/α-hetero) is 1. The van der Waals surface area contributed by atoms with Crippen molar-refractivity contribution in [3.8, 4) is 0 Å². The summed E-state index contributed by atoms with van der Waals surface area (Å²) in [7, 11) is 0. The van der Waals surface area contributed by atoms with Gasteiger partial charge in [-0.25, -0.2) is 0 Å². The minimum absolute atomic E-state index is 0.0132. The Bertz CT molecular complexity index is 530. The monoisotopic (exact) mass is 256 g/mol. The largest absolute Gasteiger partial charge is 0.392 e. The lowest BCUT2D eigenvalue weighted by molar-refractivity contribution is -0.116. The van der Waals surface area contributed by atoms with Crippen LogP contribution in [-0.4, -0.2) is 23.1 Å². The van der Waals surface area contributed by atoms with Crippen molar-refractivity contribution in [3.63, 3.8) is 0 Å². The summed E-state index contributed by atoms with van der Waals surface area (Å²) in [5, 5.41) is 9.53. The van der Waals surface area contributed by atoms with E-state index in [1.54, 1.807) is 12.2 Å². The highest BCUT2D eigenvalue weighted by atomic mass is 16.6. The van der Waals surface area contributed by atoms with Crippen molar-refractivity contribution in [1.82, 2.24) is 0 Å². The van der Waals surface area contributed by atoms with Crippen LogP contribution in [-0.2, 0) is 9.53 Å². The van der Waals surface area contributed by atoms with Crippen LogP contribution in [0.25, 0.3) is 0 Å². The van der Waals surface area contributed by atoms with Crippen molar-refractivity contribution in [2.24, 2.45) is 0 Å². The summed E-state index contributed by atoms with van der Waals surface area (Å²) in [5.41, 5.74) is 1.69. The number of epoxide rings is 1. The summed E-state index contributed by atoms with van der Waals surface area (Å²) >= 11 is 0. The van der Waals surface area contributed by atoms with Gasteiger partial charge in [-0.2, -0.15) is 0 Å². The molecule has 2 aliphatic rings. The third-order valence-corrected chi connectivity index (χ3v) is 3.48. The van der Waals surface area contributed by atoms with Gasteiger partial charge in [-0.1, -0.05) is 48.6 Å². The number of aliphatic hydroxyl groups is 1. The smallest absolute Gasteiger partial charge is 0.194 e. The molecule has 98 valence electrons. The van der Waals surface area contributed by atoms with E-state index in [1.807, 2.05) is 36.4 Å². The molecule has 0 aromatic heterocycles. The molecule has 3 heteroatoms. The van der Waals surface area contributed by atoms with E-state index in [0.717, 1.165) is 5.56 Å². The number of benzene rings is 1. The number of ketones is 1. The van der Waals surface area contributed by atoms with Crippen LogP contribution in [0, 0.1) is 0 Å². The maximum atomic E-state index is 12.3. The number of hydrogen-bond acceptors (Lipinski definition) is 3. The highest BCUT2D eigenvalue weighted by Gasteiger charge is 2.46. The summed E-state index contributed by atoms with van der Waals surface area (Å²) in [6.07, 6.45) is 5.71. The molecule has 1 saturated heterocycles. The number of ether oxygens (including phenoxy) is 1. The normalized spacial score (nSPS) is 29.5. The zero-order valence-electron chi connectivity index (χ0n) is 10.5. The highest BCUT2D eigenvalue weighted by molar-refractivity contribution is 6.03. The molecule has 3 nitrogen and oxygen atoms in total. The molecule has 1 heterocycles. The van der Waals surface area contributed by atoms with E-state index in [9.17, 15) is 9.90 Å². The Morgan fingerprint density at radius 1 is 1.21 bits per heavy atom. The Labute approximate surface area is 112 Å². The quantitative estimate of drug-likeness (QED) is 0.844. The van der Waals surface area contributed by atoms with Crippen LogP contribution in [0.5, 0.6) is 0 Å². The Morgan fingerprint density at radius 3 is 2.79 bits per heavy atom. The molecular formula is C16H16O3. The SMILES string of the molecule is O=C(C1=CCC(O)CC=C1)C1OC1c1ccccc1. The lowest BCUT2D eigenvalue weighted by Crippen LogP contribution is -2.10. The van der Waals surface area contributed by atoms with Crippen molar-refractivity contribution in [3.05, 3.63) is 59.7 Å². The molecule has 1 aliphatic carbocycles. The van der Waals surface area contributed by atoms with Gasteiger partial charge in [-0.15, -0.1) is 0 Å². The topological polar surface area (TPSA) is 49.8 Å². The Kier molecular flexibility index (Phi) is 3.32. The lowest BCUT2D eigenvalue weighted by Gasteiger charge is -2.00. The van der Waals surface area contributed by atoms with Gasteiger partial charge >= 0.3 is 0 Å². The van der Waals surface area contributed by atoms with Crippen LogP contribution in [0.3, 0.4) is 0 Å². The fourth-order valence-corrected chi connectivity index (χ4v) is 2.33. The van der Waals surface area contributed by atoms with E-state index in [4.69, 9.17) is 4.74 Å². The van der Waals surface area contributed by atoms with Crippen molar-refractivity contribution in [2.75, 3.05) is 0 Å². The Hall–Kier alpha value is -1.71. The van der Waals surface area contributed by atoms with Crippen molar-refractivity contribution in [2.45, 2.75) is 31.2 Å². The van der Waals surface area contributed by atoms with Gasteiger partial charge in [0.05, 0.1) is 6.10 Å². The molecule has 0 radical (unpaired) electrons. The molecule has 0 spiro atoms. The molecule has 0 amide bonds. The summed E-state index contributed by atoms with van der Waals surface area (Å²) in [6.45, 7) is 0. The zero-order valence-corrected chi connectivity index (χ0v) is 10.5. The predicted molar refractivity (Wildman–Crippen MR) is 71.5 cm³/mol. The number of carbonyl (C=O) groups is 1. The molecule has 3 unspecified atom stereocenters. The van der Waals surface area contributed by atoms with Crippen molar-refractivity contribution < 1.29 is 14.6 Å². The fourth-order valence-electron chi connectivity index (χ4n) is 2.33. The predicted octanol–water partition coefficient (Wildman–Crippen LogP) is 2.33. The molecule has 19 heavy (non-hydrogen) atoms. The summed E-state index contributed by atoms with van der Waals surface area (Å²) < 4.78 is 5.50. The van der Waals surface area contributed by atoms with E-state index < -0.39 is 0 Å². The first kappa shape index (κ1) is 12.3. The van der Waals surface area contributed by atoms with Gasteiger partial charge in [0.1, 0.15) is 6.10 Å². The van der Waals surface area contributed by atoms with Crippen LogP contribution in [0.2, 0.25) is 0 Å². The first-order chi connectivity index (χ1) is 9.25. The molecule has 3 atom stereocenters. The van der Waals surface area contributed by atoms with Crippen molar-refractivity contribution >= 4 is 5.78 Å². The average Bonchev–Trinajstić information content (AvgIpc) is 3.23. The number of hydrogen-bond donors (Lipinski definition) is 1. The molecule has 3 rings (SSSR count). The second-order valence-corrected chi connectivity index (χ2v) is 4.94. The van der Waals surface area contributed by atoms with Gasteiger partial charge in [-0.05, 0) is 18.4 Å². The molecule has 1 N–H and O–H groups in total. The second-order valence-electron chi connectivity index (χ2n) is 4.94. The maximum Gasteiger partial charge on any atom is 0.194 e. The number of carbonyl (C=O) groups excluding carboxylic acids is 1. The summed E-state index contributed by atoms with van der Waals surface area (Å²) in [6, 6.07) is 9.78. The molecule has 0 bridgehead atoms. The van der Waals surface area contributed by atoms with Gasteiger partial charge in [-0.3, -0.25) is 4.79 Å². The van der Waals surface area contributed by atoms with Gasteiger partial charge in [0, 0.05) is 5.57 Å². The Morgan fingerprint density at radius 2 is 2.00 bits per heavy atom. The third-order valence-electron chi connectivity index (χ3n) is 3.48. The lowest BCUT2D eigenvalue weighted by atomic mass is 10.0. The van der Waals surface area contributed by atoms with Crippen LogP contribution >= 0.6 is 0 Å². The van der Waals surface area contributed by atoms with Crippen LogP contribution in [0.1, 0.15) is 24.5 Å². The van der Waals surface area contributed by atoms with Crippen LogP contribution in [0.4, 0.5) is 0 Å². The minimum atomic E-state index is -0.383. The summed E-state index contributed by atoms with van der Waals surface area (Å²) in [4.78, 5) is 12.3. The molecular weight excluding hydrogens is 240 g/mol. The molecule has 1 aromatic rings. The van der Waals surface area contributed by atoms with E-state index in [-0.39, 0.29) is 24.1 Å². The fraction of sp³-hybridized carbons (Fsp3) is 0.312. The zero-order chi connectivity index (χ0) is 13.2. The van der Waals surface area contributed by atoms with Crippen LogP contribution in [0.15, 0.2) is 54.1 Å². The Balaban J connectivity index is 1.70. The third kappa shape index (κ3) is 2.67. The standard InChI is InChI=1S/C16H16O3/c17-13-8-4-7-11(9-10-13)14(18)16-15(19-16)12-5-2-1-3-6-12/h1-7,9,13,15-17H,8,10H2. The van der Waals surface area contributed by atoms with Gasteiger partial charge in [0.15, 0.2) is 11.9 Å². The molecule has 1 aromatic carbocycles. The van der Waals surface area contributed by atoms with E-state index in [2.05, 4.69) is 0 Å².